The van der Waals surface area contributed by atoms with Gasteiger partial charge < -0.3 is 15.4 Å². The summed E-state index contributed by atoms with van der Waals surface area (Å²) in [6.07, 6.45) is 2.48. The molecule has 0 spiro atoms. The van der Waals surface area contributed by atoms with Crippen LogP contribution in [0.2, 0.25) is 0 Å². The average molecular weight is 248 g/mol. The molecule has 3 nitrogen and oxygen atoms in total. The van der Waals surface area contributed by atoms with Crippen LogP contribution in [0, 0.1) is 0 Å². The summed E-state index contributed by atoms with van der Waals surface area (Å²) in [5.74, 6) is 0. The van der Waals surface area contributed by atoms with Crippen molar-refractivity contribution in [2.45, 2.75) is 38.0 Å². The van der Waals surface area contributed by atoms with E-state index in [0.717, 1.165) is 26.0 Å². The van der Waals surface area contributed by atoms with E-state index < -0.39 is 0 Å². The van der Waals surface area contributed by atoms with E-state index in [0.29, 0.717) is 12.1 Å². The van der Waals surface area contributed by atoms with Gasteiger partial charge in [0.2, 0.25) is 0 Å². The normalized spacial score (nSPS) is 25.6. The highest BCUT2D eigenvalue weighted by molar-refractivity contribution is 5.18. The summed E-state index contributed by atoms with van der Waals surface area (Å²) in [7, 11) is 2.17. The van der Waals surface area contributed by atoms with E-state index in [4.69, 9.17) is 10.5 Å². The zero-order valence-corrected chi connectivity index (χ0v) is 11.4. The Morgan fingerprint density at radius 1 is 1.39 bits per heavy atom. The van der Waals surface area contributed by atoms with E-state index in [2.05, 4.69) is 31.0 Å². The van der Waals surface area contributed by atoms with Crippen molar-refractivity contribution in [2.24, 2.45) is 5.73 Å². The first-order valence-corrected chi connectivity index (χ1v) is 6.81. The molecule has 0 amide bonds. The van der Waals surface area contributed by atoms with Crippen molar-refractivity contribution in [3.05, 3.63) is 35.9 Å². The molecule has 2 rings (SSSR count). The van der Waals surface area contributed by atoms with E-state index >= 15 is 0 Å². The summed E-state index contributed by atoms with van der Waals surface area (Å²) >= 11 is 0. The van der Waals surface area contributed by atoms with Gasteiger partial charge in [0.25, 0.3) is 0 Å². The van der Waals surface area contributed by atoms with Gasteiger partial charge in [-0.2, -0.15) is 0 Å². The highest BCUT2D eigenvalue weighted by atomic mass is 16.5. The number of hydrogen-bond donors (Lipinski definition) is 1. The molecule has 1 saturated heterocycles. The summed E-state index contributed by atoms with van der Waals surface area (Å²) in [4.78, 5) is 2.39. The number of benzene rings is 1. The quantitative estimate of drug-likeness (QED) is 0.868. The number of rotatable bonds is 5. The molecule has 1 aliphatic rings. The molecule has 100 valence electrons. The first-order valence-electron chi connectivity index (χ1n) is 6.81. The lowest BCUT2D eigenvalue weighted by Crippen LogP contribution is -2.38. The Hall–Kier alpha value is -0.900. The smallest absolute Gasteiger partial charge is 0.0702 e. The first kappa shape index (κ1) is 13.5. The summed E-state index contributed by atoms with van der Waals surface area (Å²) in [5.41, 5.74) is 7.44. The second kappa shape index (κ2) is 6.32. The van der Waals surface area contributed by atoms with E-state index in [-0.39, 0.29) is 6.04 Å². The summed E-state index contributed by atoms with van der Waals surface area (Å²) in [6.45, 7) is 4.07. The molecule has 1 aliphatic heterocycles. The molecule has 3 heteroatoms. The fraction of sp³-hybridized carbons (Fsp3) is 0.600. The van der Waals surface area contributed by atoms with Crippen LogP contribution in [-0.4, -0.2) is 37.2 Å². The third kappa shape index (κ3) is 3.31. The Morgan fingerprint density at radius 3 is 2.72 bits per heavy atom. The Labute approximate surface area is 110 Å². The number of nitrogens with zero attached hydrogens (tertiary/aromatic N) is 1. The molecule has 0 radical (unpaired) electrons. The molecule has 0 bridgehead atoms. The van der Waals surface area contributed by atoms with Gasteiger partial charge in [0, 0.05) is 25.2 Å². The third-order valence-corrected chi connectivity index (χ3v) is 3.92. The predicted molar refractivity (Wildman–Crippen MR) is 74.4 cm³/mol. The molecule has 0 saturated carbocycles. The SMILES string of the molecule is CC1OCCC1N(C)CCC(N)c1ccccc1. The lowest BCUT2D eigenvalue weighted by atomic mass is 10.0. The minimum atomic E-state index is 0.131. The van der Waals surface area contributed by atoms with Crippen LogP contribution in [0.25, 0.3) is 0 Å². The van der Waals surface area contributed by atoms with E-state index in [9.17, 15) is 0 Å². The van der Waals surface area contributed by atoms with Crippen molar-refractivity contribution in [3.8, 4) is 0 Å². The van der Waals surface area contributed by atoms with Crippen LogP contribution >= 0.6 is 0 Å². The van der Waals surface area contributed by atoms with Crippen molar-refractivity contribution in [3.63, 3.8) is 0 Å². The second-order valence-corrected chi connectivity index (χ2v) is 5.22. The van der Waals surface area contributed by atoms with E-state index in [1.54, 1.807) is 0 Å². The molecule has 0 aliphatic carbocycles. The van der Waals surface area contributed by atoms with Gasteiger partial charge in [-0.3, -0.25) is 0 Å². The van der Waals surface area contributed by atoms with Crippen LogP contribution in [0.15, 0.2) is 30.3 Å². The largest absolute Gasteiger partial charge is 0.377 e. The van der Waals surface area contributed by atoms with Crippen molar-refractivity contribution in [2.75, 3.05) is 20.2 Å². The van der Waals surface area contributed by atoms with Gasteiger partial charge in [-0.15, -0.1) is 0 Å². The van der Waals surface area contributed by atoms with Crippen LogP contribution in [0.3, 0.4) is 0 Å². The summed E-state index contributed by atoms with van der Waals surface area (Å²) in [5, 5.41) is 0. The Balaban J connectivity index is 1.80. The molecule has 3 unspecified atom stereocenters. The Kier molecular flexibility index (Phi) is 4.75. The lowest BCUT2D eigenvalue weighted by molar-refractivity contribution is 0.0827. The van der Waals surface area contributed by atoms with Gasteiger partial charge >= 0.3 is 0 Å². The molecular formula is C15H24N2O. The van der Waals surface area contributed by atoms with E-state index in [1.165, 1.54) is 5.56 Å². The zero-order chi connectivity index (χ0) is 13.0. The maximum Gasteiger partial charge on any atom is 0.0702 e. The number of nitrogens with two attached hydrogens (primary N) is 1. The Morgan fingerprint density at radius 2 is 2.11 bits per heavy atom. The van der Waals surface area contributed by atoms with Gasteiger partial charge in [0.15, 0.2) is 0 Å². The zero-order valence-electron chi connectivity index (χ0n) is 11.4. The third-order valence-electron chi connectivity index (χ3n) is 3.92. The van der Waals surface area contributed by atoms with Crippen LogP contribution in [0.5, 0.6) is 0 Å². The molecule has 0 aromatic heterocycles. The minimum Gasteiger partial charge on any atom is -0.377 e. The monoisotopic (exact) mass is 248 g/mol. The summed E-state index contributed by atoms with van der Waals surface area (Å²) < 4.78 is 5.61. The molecule has 1 aromatic carbocycles. The van der Waals surface area contributed by atoms with Crippen molar-refractivity contribution in [1.29, 1.82) is 0 Å². The van der Waals surface area contributed by atoms with E-state index in [1.807, 2.05) is 18.2 Å². The van der Waals surface area contributed by atoms with Crippen molar-refractivity contribution >= 4 is 0 Å². The van der Waals surface area contributed by atoms with Crippen LogP contribution < -0.4 is 5.73 Å². The lowest BCUT2D eigenvalue weighted by Gasteiger charge is -2.27. The Bertz CT molecular complexity index is 355. The van der Waals surface area contributed by atoms with Crippen LogP contribution in [0.1, 0.15) is 31.4 Å². The van der Waals surface area contributed by atoms with Gasteiger partial charge in [-0.05, 0) is 32.4 Å². The number of hydrogen-bond acceptors (Lipinski definition) is 3. The molecule has 1 heterocycles. The molecule has 18 heavy (non-hydrogen) atoms. The maximum absolute atomic E-state index is 6.22. The standard InChI is InChI=1S/C15H24N2O/c1-12-15(9-11-18-12)17(2)10-8-14(16)13-6-4-3-5-7-13/h3-7,12,14-15H,8-11,16H2,1-2H3. The molecule has 1 aromatic rings. The number of likely N-dealkylation sites (N-methyl/N-ethyl adjacent to an activating group) is 1. The highest BCUT2D eigenvalue weighted by Gasteiger charge is 2.27. The van der Waals surface area contributed by atoms with Crippen LogP contribution in [0.4, 0.5) is 0 Å². The summed E-state index contributed by atoms with van der Waals surface area (Å²) in [6, 6.07) is 11.0. The van der Waals surface area contributed by atoms with Gasteiger partial charge in [0.1, 0.15) is 0 Å². The van der Waals surface area contributed by atoms with Crippen molar-refractivity contribution < 1.29 is 4.74 Å². The fourth-order valence-electron chi connectivity index (χ4n) is 2.67. The molecule has 3 atom stereocenters. The highest BCUT2D eigenvalue weighted by Crippen LogP contribution is 2.20. The molecule has 2 N–H and O–H groups in total. The first-order chi connectivity index (χ1) is 8.68. The van der Waals surface area contributed by atoms with Gasteiger partial charge in [-0.1, -0.05) is 30.3 Å². The average Bonchev–Trinajstić information content (AvgIpc) is 2.83. The van der Waals surface area contributed by atoms with Crippen molar-refractivity contribution in [1.82, 2.24) is 4.90 Å². The van der Waals surface area contributed by atoms with Gasteiger partial charge in [-0.25, -0.2) is 0 Å². The fourth-order valence-corrected chi connectivity index (χ4v) is 2.67. The molecule has 1 fully saturated rings. The predicted octanol–water partition coefficient (Wildman–Crippen LogP) is 2.19. The maximum atomic E-state index is 6.22. The number of ether oxygens (including phenoxy) is 1. The minimum absolute atomic E-state index is 0.131. The molecular weight excluding hydrogens is 224 g/mol. The second-order valence-electron chi connectivity index (χ2n) is 5.22. The van der Waals surface area contributed by atoms with Crippen LogP contribution in [-0.2, 0) is 4.74 Å². The topological polar surface area (TPSA) is 38.5 Å². The van der Waals surface area contributed by atoms with Gasteiger partial charge in [0.05, 0.1) is 6.10 Å².